The number of hydrogen-bond donors (Lipinski definition) is 3. The minimum absolute atomic E-state index is 0.0199. The van der Waals surface area contributed by atoms with E-state index in [0.717, 1.165) is 16.7 Å². The summed E-state index contributed by atoms with van der Waals surface area (Å²) in [5.74, 6) is -0.862. The van der Waals surface area contributed by atoms with E-state index in [1.165, 1.54) is 0 Å². The van der Waals surface area contributed by atoms with E-state index in [1.807, 2.05) is 66.7 Å². The number of ether oxygens (including phenoxy) is 1. The van der Waals surface area contributed by atoms with Gasteiger partial charge in [-0.3, -0.25) is 14.4 Å². The topological polar surface area (TPSA) is 114 Å². The number of anilines is 1. The molecule has 0 radical (unpaired) electrons. The molecule has 38 heavy (non-hydrogen) atoms. The first-order chi connectivity index (χ1) is 18.2. The maximum Gasteiger partial charge on any atom is 0.255 e. The van der Waals surface area contributed by atoms with E-state index in [9.17, 15) is 14.4 Å². The molecule has 3 amide bonds. The van der Waals surface area contributed by atoms with Crippen LogP contribution in [0, 0.1) is 0 Å². The molecule has 0 spiro atoms. The van der Waals surface area contributed by atoms with Crippen LogP contribution < -0.4 is 16.4 Å². The van der Waals surface area contributed by atoms with Gasteiger partial charge in [-0.2, -0.15) is 0 Å². The molecule has 0 saturated heterocycles. The number of hydrogen-bond acceptors (Lipinski definition) is 5. The SMILES string of the molecule is CC(C)(N)C(=O)N[C@H](COCc1ccccc1)C(=O)N1CCc2ccc(NC(=O)c3ccccc3)cc2C1. The van der Waals surface area contributed by atoms with Crippen LogP contribution in [0.4, 0.5) is 5.69 Å². The number of carbonyl (C=O) groups is 3. The number of benzene rings is 3. The highest BCUT2D eigenvalue weighted by Crippen LogP contribution is 2.24. The summed E-state index contributed by atoms with van der Waals surface area (Å²) in [4.78, 5) is 40.5. The molecule has 0 aliphatic carbocycles. The number of amides is 3. The fourth-order valence-electron chi connectivity index (χ4n) is 4.22. The predicted molar refractivity (Wildman–Crippen MR) is 146 cm³/mol. The van der Waals surface area contributed by atoms with E-state index in [-0.39, 0.29) is 18.4 Å². The smallest absolute Gasteiger partial charge is 0.255 e. The summed E-state index contributed by atoms with van der Waals surface area (Å²) in [6, 6.07) is 23.5. The van der Waals surface area contributed by atoms with Crippen molar-refractivity contribution in [3.63, 3.8) is 0 Å². The van der Waals surface area contributed by atoms with Crippen LogP contribution in [-0.2, 0) is 33.9 Å². The number of nitrogens with two attached hydrogens (primary N) is 1. The van der Waals surface area contributed by atoms with E-state index >= 15 is 0 Å². The molecule has 1 heterocycles. The lowest BCUT2D eigenvalue weighted by Crippen LogP contribution is -2.58. The van der Waals surface area contributed by atoms with Gasteiger partial charge in [-0.25, -0.2) is 0 Å². The molecular weight excluding hydrogens is 480 g/mol. The zero-order chi connectivity index (χ0) is 27.1. The average Bonchev–Trinajstić information content (AvgIpc) is 2.92. The summed E-state index contributed by atoms with van der Waals surface area (Å²) in [7, 11) is 0. The highest BCUT2D eigenvalue weighted by Gasteiger charge is 2.32. The van der Waals surface area contributed by atoms with Crippen molar-refractivity contribution < 1.29 is 19.1 Å². The minimum Gasteiger partial charge on any atom is -0.374 e. The Morgan fingerprint density at radius 3 is 2.34 bits per heavy atom. The average molecular weight is 515 g/mol. The van der Waals surface area contributed by atoms with Crippen molar-refractivity contribution in [2.45, 2.75) is 45.0 Å². The van der Waals surface area contributed by atoms with Gasteiger partial charge in [0.1, 0.15) is 6.04 Å². The molecule has 3 aromatic carbocycles. The Kier molecular flexibility index (Phi) is 8.55. The maximum atomic E-state index is 13.6. The van der Waals surface area contributed by atoms with Crippen molar-refractivity contribution >= 4 is 23.4 Å². The number of fused-ring (bicyclic) bond motifs is 1. The van der Waals surface area contributed by atoms with Crippen molar-refractivity contribution in [2.24, 2.45) is 5.73 Å². The monoisotopic (exact) mass is 514 g/mol. The summed E-state index contributed by atoms with van der Waals surface area (Å²) in [5.41, 5.74) is 9.11. The van der Waals surface area contributed by atoms with Crippen LogP contribution in [0.3, 0.4) is 0 Å². The molecule has 4 rings (SSSR count). The quantitative estimate of drug-likeness (QED) is 0.406. The van der Waals surface area contributed by atoms with Crippen molar-refractivity contribution in [2.75, 3.05) is 18.5 Å². The van der Waals surface area contributed by atoms with E-state index in [1.54, 1.807) is 30.9 Å². The fourth-order valence-corrected chi connectivity index (χ4v) is 4.22. The summed E-state index contributed by atoms with van der Waals surface area (Å²) in [6.45, 7) is 4.40. The van der Waals surface area contributed by atoms with Crippen LogP contribution in [0.1, 0.15) is 40.9 Å². The summed E-state index contributed by atoms with van der Waals surface area (Å²) >= 11 is 0. The molecule has 0 aromatic heterocycles. The molecule has 0 bridgehead atoms. The first-order valence-electron chi connectivity index (χ1n) is 12.7. The summed E-state index contributed by atoms with van der Waals surface area (Å²) < 4.78 is 5.83. The molecule has 0 fully saturated rings. The molecule has 1 atom stereocenters. The van der Waals surface area contributed by atoms with Crippen molar-refractivity contribution in [1.82, 2.24) is 10.2 Å². The van der Waals surface area contributed by atoms with Gasteiger partial charge in [-0.1, -0.05) is 54.6 Å². The lowest BCUT2D eigenvalue weighted by Gasteiger charge is -2.33. The molecular formula is C30H34N4O4. The highest BCUT2D eigenvalue weighted by molar-refractivity contribution is 6.04. The largest absolute Gasteiger partial charge is 0.374 e. The first kappa shape index (κ1) is 27.0. The van der Waals surface area contributed by atoms with Crippen LogP contribution in [0.25, 0.3) is 0 Å². The Morgan fingerprint density at radius 2 is 1.66 bits per heavy atom. The number of nitrogens with one attached hydrogen (secondary N) is 2. The molecule has 1 aliphatic rings. The lowest BCUT2D eigenvalue weighted by atomic mass is 9.98. The van der Waals surface area contributed by atoms with E-state index < -0.39 is 17.5 Å². The zero-order valence-electron chi connectivity index (χ0n) is 21.8. The van der Waals surface area contributed by atoms with Gasteiger partial charge in [-0.15, -0.1) is 0 Å². The minimum atomic E-state index is -1.14. The van der Waals surface area contributed by atoms with Gasteiger partial charge in [0, 0.05) is 24.3 Å². The molecule has 8 nitrogen and oxygen atoms in total. The van der Waals surface area contributed by atoms with Gasteiger partial charge in [0.15, 0.2) is 0 Å². The van der Waals surface area contributed by atoms with Gasteiger partial charge >= 0.3 is 0 Å². The van der Waals surface area contributed by atoms with Crippen LogP contribution in [0.5, 0.6) is 0 Å². The molecule has 3 aromatic rings. The number of carbonyl (C=O) groups excluding carboxylic acids is 3. The Hall–Kier alpha value is -4.01. The fraction of sp³-hybridized carbons (Fsp3) is 0.300. The third kappa shape index (κ3) is 7.06. The van der Waals surface area contributed by atoms with Gasteiger partial charge in [0.05, 0.1) is 18.8 Å². The standard InChI is InChI=1S/C30H34N4O4/c1-30(2,31)29(37)33-26(20-38-19-21-9-5-3-6-10-21)28(36)34-16-15-22-13-14-25(17-24(22)18-34)32-27(35)23-11-7-4-8-12-23/h3-14,17,26H,15-16,18-20,31H2,1-2H3,(H,32,35)(H,33,37)/t26-/m1/s1. The number of nitrogens with zero attached hydrogens (tertiary/aromatic N) is 1. The molecule has 8 heteroatoms. The normalized spacial score (nSPS) is 13.8. The number of rotatable bonds is 9. The van der Waals surface area contributed by atoms with Crippen LogP contribution in [0.15, 0.2) is 78.9 Å². The van der Waals surface area contributed by atoms with E-state index in [4.69, 9.17) is 10.5 Å². The Labute approximate surface area is 223 Å². The molecule has 0 saturated carbocycles. The lowest BCUT2D eigenvalue weighted by molar-refractivity contribution is -0.140. The second-order valence-corrected chi connectivity index (χ2v) is 10.1. The van der Waals surface area contributed by atoms with Crippen LogP contribution in [0.2, 0.25) is 0 Å². The Morgan fingerprint density at radius 1 is 0.974 bits per heavy atom. The second kappa shape index (κ2) is 12.0. The Bertz CT molecular complexity index is 1270. The van der Waals surface area contributed by atoms with Crippen molar-refractivity contribution in [3.05, 3.63) is 101 Å². The molecule has 198 valence electrons. The molecule has 1 aliphatic heterocycles. The van der Waals surface area contributed by atoms with Crippen LogP contribution >= 0.6 is 0 Å². The van der Waals surface area contributed by atoms with E-state index in [2.05, 4.69) is 10.6 Å². The third-order valence-electron chi connectivity index (χ3n) is 6.41. The summed E-state index contributed by atoms with van der Waals surface area (Å²) in [6.07, 6.45) is 0.669. The molecule has 4 N–H and O–H groups in total. The van der Waals surface area contributed by atoms with Crippen LogP contribution in [-0.4, -0.2) is 47.4 Å². The third-order valence-corrected chi connectivity index (χ3v) is 6.41. The van der Waals surface area contributed by atoms with Gasteiger partial charge in [-0.05, 0) is 61.2 Å². The highest BCUT2D eigenvalue weighted by atomic mass is 16.5. The van der Waals surface area contributed by atoms with Crippen molar-refractivity contribution in [1.29, 1.82) is 0 Å². The maximum absolute atomic E-state index is 13.6. The summed E-state index contributed by atoms with van der Waals surface area (Å²) in [5, 5.41) is 5.71. The zero-order valence-corrected chi connectivity index (χ0v) is 21.8. The van der Waals surface area contributed by atoms with Gasteiger partial charge in [0.2, 0.25) is 11.8 Å². The van der Waals surface area contributed by atoms with Crippen molar-refractivity contribution in [3.8, 4) is 0 Å². The molecule has 0 unspecified atom stereocenters. The van der Waals surface area contributed by atoms with Gasteiger partial charge < -0.3 is 26.0 Å². The van der Waals surface area contributed by atoms with E-state index in [0.29, 0.717) is 37.4 Å². The first-order valence-corrected chi connectivity index (χ1v) is 12.7. The predicted octanol–water partition coefficient (Wildman–Crippen LogP) is 3.26. The Balaban J connectivity index is 1.45. The van der Waals surface area contributed by atoms with Gasteiger partial charge in [0.25, 0.3) is 5.91 Å². The second-order valence-electron chi connectivity index (χ2n) is 10.1.